The van der Waals surface area contributed by atoms with Gasteiger partial charge in [-0.1, -0.05) is 6.42 Å². The minimum absolute atomic E-state index is 0.277. The van der Waals surface area contributed by atoms with Crippen LogP contribution in [0.3, 0.4) is 0 Å². The number of hydrogen-bond acceptors (Lipinski definition) is 2. The first-order valence-electron chi connectivity index (χ1n) is 8.74. The standard InChI is InChI=1S/C17H28N2O/c18-16-3-1-2-14(16)9-17(20)19-10-13-5-11-4-12(6-13)8-15(19)7-11/h11-16H,1-10,18H2/t11?,12?,13?,14-,15?,16+/m0/s1. The summed E-state index contributed by atoms with van der Waals surface area (Å²) >= 11 is 0. The average Bonchev–Trinajstić information content (AvgIpc) is 2.69. The second-order valence-corrected chi connectivity index (χ2v) is 8.04. The number of carbonyl (C=O) groups excluding carboxylic acids is 1. The van der Waals surface area contributed by atoms with Crippen molar-refractivity contribution in [2.45, 2.75) is 69.9 Å². The summed E-state index contributed by atoms with van der Waals surface area (Å²) in [4.78, 5) is 15.1. The molecule has 2 saturated heterocycles. The summed E-state index contributed by atoms with van der Waals surface area (Å²) in [6.45, 7) is 1.05. The van der Waals surface area contributed by atoms with Crippen molar-refractivity contribution in [2.75, 3.05) is 6.54 Å². The number of rotatable bonds is 2. The summed E-state index contributed by atoms with van der Waals surface area (Å²) in [7, 11) is 0. The van der Waals surface area contributed by atoms with E-state index in [0.717, 1.165) is 37.1 Å². The molecule has 5 fully saturated rings. The topological polar surface area (TPSA) is 46.3 Å². The van der Waals surface area contributed by atoms with Gasteiger partial charge in [-0.15, -0.1) is 0 Å². The largest absolute Gasteiger partial charge is 0.339 e. The summed E-state index contributed by atoms with van der Waals surface area (Å²) in [6.07, 6.45) is 11.0. The third-order valence-electron chi connectivity index (χ3n) is 6.58. The Balaban J connectivity index is 1.46. The van der Waals surface area contributed by atoms with Crippen LogP contribution in [-0.4, -0.2) is 29.4 Å². The Bertz CT molecular complexity index is 382. The summed E-state index contributed by atoms with van der Waals surface area (Å²) in [6, 6.07) is 0.843. The van der Waals surface area contributed by atoms with Gasteiger partial charge in [-0.3, -0.25) is 4.79 Å². The van der Waals surface area contributed by atoms with E-state index >= 15 is 0 Å². The molecule has 112 valence electrons. The molecule has 5 aliphatic rings. The fourth-order valence-corrected chi connectivity index (χ4v) is 5.75. The Kier molecular flexibility index (Phi) is 3.29. The maximum atomic E-state index is 12.8. The van der Waals surface area contributed by atoms with E-state index in [1.807, 2.05) is 0 Å². The molecule has 0 aromatic carbocycles. The molecule has 1 amide bonds. The van der Waals surface area contributed by atoms with Gasteiger partial charge in [0.05, 0.1) is 0 Å². The van der Waals surface area contributed by atoms with Crippen molar-refractivity contribution in [3.63, 3.8) is 0 Å². The molecule has 0 spiro atoms. The third-order valence-corrected chi connectivity index (χ3v) is 6.58. The molecule has 2 heterocycles. The molecule has 2 unspecified atom stereocenters. The van der Waals surface area contributed by atoms with E-state index in [4.69, 9.17) is 5.73 Å². The smallest absolute Gasteiger partial charge is 0.223 e. The van der Waals surface area contributed by atoms with Gasteiger partial charge in [0.1, 0.15) is 0 Å². The van der Waals surface area contributed by atoms with Gasteiger partial charge in [-0.25, -0.2) is 0 Å². The number of carbonyl (C=O) groups is 1. The molecule has 3 nitrogen and oxygen atoms in total. The van der Waals surface area contributed by atoms with Crippen molar-refractivity contribution in [3.05, 3.63) is 0 Å². The van der Waals surface area contributed by atoms with Crippen LogP contribution in [0.1, 0.15) is 57.8 Å². The van der Waals surface area contributed by atoms with Gasteiger partial charge in [-0.2, -0.15) is 0 Å². The Hall–Kier alpha value is -0.570. The van der Waals surface area contributed by atoms with Gasteiger partial charge in [0.15, 0.2) is 0 Å². The van der Waals surface area contributed by atoms with Gasteiger partial charge < -0.3 is 10.6 Å². The van der Waals surface area contributed by atoms with Crippen molar-refractivity contribution in [1.82, 2.24) is 4.90 Å². The molecule has 3 heteroatoms. The number of amides is 1. The lowest BCUT2D eigenvalue weighted by Crippen LogP contribution is -2.43. The Morgan fingerprint density at radius 3 is 2.35 bits per heavy atom. The molecular formula is C17H28N2O. The van der Waals surface area contributed by atoms with E-state index in [9.17, 15) is 4.79 Å². The highest BCUT2D eigenvalue weighted by molar-refractivity contribution is 5.77. The molecule has 0 aromatic heterocycles. The molecule has 0 radical (unpaired) electrons. The Morgan fingerprint density at radius 1 is 1.00 bits per heavy atom. The van der Waals surface area contributed by atoms with E-state index in [0.29, 0.717) is 17.9 Å². The maximum absolute atomic E-state index is 12.8. The highest BCUT2D eigenvalue weighted by atomic mass is 16.2. The number of nitrogens with two attached hydrogens (primary N) is 1. The quantitative estimate of drug-likeness (QED) is 0.842. The van der Waals surface area contributed by atoms with Gasteiger partial charge in [0.2, 0.25) is 5.91 Å². The van der Waals surface area contributed by atoms with Gasteiger partial charge in [0, 0.05) is 25.0 Å². The van der Waals surface area contributed by atoms with Crippen LogP contribution in [-0.2, 0) is 4.79 Å². The van der Waals surface area contributed by atoms with Crippen molar-refractivity contribution < 1.29 is 4.79 Å². The minimum Gasteiger partial charge on any atom is -0.339 e. The third kappa shape index (κ3) is 2.28. The molecular weight excluding hydrogens is 248 g/mol. The van der Waals surface area contributed by atoms with Gasteiger partial charge >= 0.3 is 0 Å². The van der Waals surface area contributed by atoms with E-state index in [1.165, 1.54) is 44.9 Å². The Morgan fingerprint density at radius 2 is 1.70 bits per heavy atom. The lowest BCUT2D eigenvalue weighted by atomic mass is 9.68. The monoisotopic (exact) mass is 276 g/mol. The van der Waals surface area contributed by atoms with Crippen LogP contribution in [0, 0.1) is 23.7 Å². The molecule has 2 N–H and O–H groups in total. The van der Waals surface area contributed by atoms with Crippen LogP contribution in [0.4, 0.5) is 0 Å². The van der Waals surface area contributed by atoms with Gasteiger partial charge in [0.25, 0.3) is 0 Å². The van der Waals surface area contributed by atoms with Crippen molar-refractivity contribution >= 4 is 5.91 Å². The van der Waals surface area contributed by atoms with Crippen LogP contribution in [0.25, 0.3) is 0 Å². The van der Waals surface area contributed by atoms with E-state index in [2.05, 4.69) is 4.90 Å². The maximum Gasteiger partial charge on any atom is 0.223 e. The van der Waals surface area contributed by atoms with E-state index in [-0.39, 0.29) is 6.04 Å². The highest BCUT2D eigenvalue weighted by Crippen LogP contribution is 2.47. The SMILES string of the molecule is N[C@@H]1CCC[C@H]1CC(=O)N1CC2CC3CC(C2)CC1C3. The van der Waals surface area contributed by atoms with E-state index in [1.54, 1.807) is 0 Å². The predicted molar refractivity (Wildman–Crippen MR) is 79.0 cm³/mol. The highest BCUT2D eigenvalue weighted by Gasteiger charge is 2.44. The van der Waals surface area contributed by atoms with Crippen LogP contribution < -0.4 is 5.73 Å². The van der Waals surface area contributed by atoms with Crippen LogP contribution in [0.5, 0.6) is 0 Å². The zero-order valence-corrected chi connectivity index (χ0v) is 12.5. The second kappa shape index (κ2) is 5.01. The van der Waals surface area contributed by atoms with Crippen LogP contribution in [0.2, 0.25) is 0 Å². The molecule has 0 aromatic rings. The summed E-state index contributed by atoms with van der Waals surface area (Å²) in [5.41, 5.74) is 6.15. The van der Waals surface area contributed by atoms with Crippen molar-refractivity contribution in [2.24, 2.45) is 29.4 Å². The fourth-order valence-electron chi connectivity index (χ4n) is 5.75. The fraction of sp³-hybridized carbons (Fsp3) is 0.941. The van der Waals surface area contributed by atoms with Gasteiger partial charge in [-0.05, 0) is 68.6 Å². The summed E-state index contributed by atoms with van der Waals surface area (Å²) < 4.78 is 0. The lowest BCUT2D eigenvalue weighted by molar-refractivity contribution is -0.135. The number of hydrogen-bond donors (Lipinski definition) is 1. The lowest BCUT2D eigenvalue weighted by Gasteiger charge is -2.39. The predicted octanol–water partition coefficient (Wildman–Crippen LogP) is 2.54. The first-order chi connectivity index (χ1) is 9.69. The molecule has 4 atom stereocenters. The first kappa shape index (κ1) is 13.1. The Labute approximate surface area is 122 Å². The molecule has 3 saturated carbocycles. The van der Waals surface area contributed by atoms with Crippen LogP contribution >= 0.6 is 0 Å². The van der Waals surface area contributed by atoms with Crippen molar-refractivity contribution in [1.29, 1.82) is 0 Å². The van der Waals surface area contributed by atoms with Crippen LogP contribution in [0.15, 0.2) is 0 Å². The number of fused-ring (bicyclic) bond motifs is 1. The zero-order chi connectivity index (χ0) is 13.7. The number of nitrogens with zero attached hydrogens (tertiary/aromatic N) is 1. The minimum atomic E-state index is 0.277. The summed E-state index contributed by atoms with van der Waals surface area (Å²) in [5.74, 6) is 3.52. The zero-order valence-electron chi connectivity index (χ0n) is 12.5. The molecule has 4 bridgehead atoms. The normalized spacial score (nSPS) is 46.8. The average molecular weight is 276 g/mol. The van der Waals surface area contributed by atoms with E-state index < -0.39 is 0 Å². The first-order valence-corrected chi connectivity index (χ1v) is 8.74. The molecule has 3 aliphatic carbocycles. The molecule has 5 rings (SSSR count). The molecule has 2 aliphatic heterocycles. The second-order valence-electron chi connectivity index (χ2n) is 8.04. The molecule has 20 heavy (non-hydrogen) atoms. The van der Waals surface area contributed by atoms with Crippen molar-refractivity contribution in [3.8, 4) is 0 Å². The summed E-state index contributed by atoms with van der Waals surface area (Å²) in [5, 5.41) is 0.